The molecule has 20 heavy (non-hydrogen) atoms. The van der Waals surface area contributed by atoms with Crippen molar-refractivity contribution in [3.63, 3.8) is 0 Å². The lowest BCUT2D eigenvalue weighted by molar-refractivity contribution is -0.118. The molecule has 1 unspecified atom stereocenters. The van der Waals surface area contributed by atoms with Crippen molar-refractivity contribution in [3.8, 4) is 0 Å². The fourth-order valence-electron chi connectivity index (χ4n) is 2.93. The lowest BCUT2D eigenvalue weighted by Gasteiger charge is -2.36. The maximum Gasteiger partial charge on any atom is 0.309 e. The van der Waals surface area contributed by atoms with E-state index in [9.17, 15) is 13.2 Å². The molecule has 1 aliphatic carbocycles. The van der Waals surface area contributed by atoms with E-state index < -0.39 is 16.0 Å². The van der Waals surface area contributed by atoms with E-state index in [1.165, 1.54) is 6.26 Å². The third-order valence-corrected chi connectivity index (χ3v) is 4.91. The molecular formula is C14H16O5S. The van der Waals surface area contributed by atoms with Crippen LogP contribution in [-0.4, -0.2) is 20.0 Å². The molecule has 1 aromatic heterocycles. The molecule has 0 fully saturated rings. The first-order valence-corrected chi connectivity index (χ1v) is 8.07. The summed E-state index contributed by atoms with van der Waals surface area (Å²) >= 11 is 0. The van der Waals surface area contributed by atoms with Crippen molar-refractivity contribution in [2.24, 2.45) is 5.41 Å². The van der Waals surface area contributed by atoms with Gasteiger partial charge in [-0.2, -0.15) is 8.42 Å². The van der Waals surface area contributed by atoms with Crippen LogP contribution in [0.3, 0.4) is 0 Å². The van der Waals surface area contributed by atoms with Gasteiger partial charge in [-0.05, 0) is 17.5 Å². The molecule has 1 aliphatic heterocycles. The van der Waals surface area contributed by atoms with Crippen molar-refractivity contribution >= 4 is 15.9 Å². The van der Waals surface area contributed by atoms with E-state index >= 15 is 0 Å². The minimum Gasteiger partial charge on any atom is -0.469 e. The minimum atomic E-state index is -3.67. The van der Waals surface area contributed by atoms with Crippen molar-refractivity contribution in [2.75, 3.05) is 5.75 Å². The van der Waals surface area contributed by atoms with E-state index in [0.717, 1.165) is 0 Å². The van der Waals surface area contributed by atoms with E-state index in [1.54, 1.807) is 12.1 Å². The van der Waals surface area contributed by atoms with Gasteiger partial charge in [-0.15, -0.1) is 0 Å². The van der Waals surface area contributed by atoms with Gasteiger partial charge in [0, 0.05) is 18.4 Å². The number of carbonyl (C=O) groups is 1. The van der Waals surface area contributed by atoms with E-state index in [-0.39, 0.29) is 17.0 Å². The monoisotopic (exact) mass is 296 g/mol. The first-order valence-electron chi connectivity index (χ1n) is 6.49. The van der Waals surface area contributed by atoms with Crippen LogP contribution in [0.25, 0.3) is 0 Å². The molecule has 2 heterocycles. The quantitative estimate of drug-likeness (QED) is 0.744. The van der Waals surface area contributed by atoms with Gasteiger partial charge in [-0.1, -0.05) is 13.8 Å². The summed E-state index contributed by atoms with van der Waals surface area (Å²) in [6, 6.07) is 3.39. The van der Waals surface area contributed by atoms with Crippen LogP contribution in [0.1, 0.15) is 38.4 Å². The van der Waals surface area contributed by atoms with E-state index in [4.69, 9.17) is 8.60 Å². The summed E-state index contributed by atoms with van der Waals surface area (Å²) in [6.07, 6.45) is 2.33. The Balaban J connectivity index is 2.13. The van der Waals surface area contributed by atoms with Gasteiger partial charge < -0.3 is 8.60 Å². The highest BCUT2D eigenvalue weighted by molar-refractivity contribution is 7.86. The molecule has 1 atom stereocenters. The van der Waals surface area contributed by atoms with Gasteiger partial charge in [0.1, 0.15) is 17.3 Å². The summed E-state index contributed by atoms with van der Waals surface area (Å²) in [5.41, 5.74) is 0.186. The van der Waals surface area contributed by atoms with Gasteiger partial charge in [0.2, 0.25) is 0 Å². The predicted octanol–water partition coefficient (Wildman–Crippen LogP) is 2.37. The Bertz CT molecular complexity index is 679. The van der Waals surface area contributed by atoms with Crippen LogP contribution in [0.4, 0.5) is 0 Å². The molecule has 0 radical (unpaired) electrons. The molecule has 0 amide bonds. The Hall–Kier alpha value is -1.56. The molecular weight excluding hydrogens is 280 g/mol. The van der Waals surface area contributed by atoms with Crippen LogP contribution in [0.2, 0.25) is 0 Å². The molecule has 3 rings (SSSR count). The van der Waals surface area contributed by atoms with Crippen molar-refractivity contribution in [2.45, 2.75) is 32.6 Å². The Morgan fingerprint density at radius 3 is 2.70 bits per heavy atom. The molecule has 0 bridgehead atoms. The van der Waals surface area contributed by atoms with Crippen molar-refractivity contribution < 1.29 is 21.8 Å². The molecule has 0 aromatic carbocycles. The summed E-state index contributed by atoms with van der Waals surface area (Å²) in [7, 11) is -3.67. The molecule has 5 nitrogen and oxygen atoms in total. The average Bonchev–Trinajstić information content (AvgIpc) is 2.76. The molecule has 6 heteroatoms. The molecule has 0 saturated heterocycles. The first kappa shape index (κ1) is 13.4. The second kappa shape index (κ2) is 4.22. The summed E-state index contributed by atoms with van der Waals surface area (Å²) in [5.74, 6) is -0.0582. The van der Waals surface area contributed by atoms with Crippen LogP contribution < -0.4 is 0 Å². The highest BCUT2D eigenvalue weighted by Gasteiger charge is 2.44. The lowest BCUT2D eigenvalue weighted by atomic mass is 9.73. The zero-order chi connectivity index (χ0) is 14.5. The number of allylic oxidation sites excluding steroid dienone is 2. The fraction of sp³-hybridized carbons (Fsp3) is 0.500. The second-order valence-corrected chi connectivity index (χ2v) is 7.77. The first-order chi connectivity index (χ1) is 9.27. The number of hydrogen-bond acceptors (Lipinski definition) is 5. The van der Waals surface area contributed by atoms with Gasteiger partial charge in [0.15, 0.2) is 5.78 Å². The number of carbonyl (C=O) groups excluding carboxylic acids is 1. The highest BCUT2D eigenvalue weighted by Crippen LogP contribution is 2.45. The van der Waals surface area contributed by atoms with Gasteiger partial charge in [0.05, 0.1) is 12.2 Å². The normalized spacial score (nSPS) is 27.9. The Morgan fingerprint density at radius 1 is 1.30 bits per heavy atom. The summed E-state index contributed by atoms with van der Waals surface area (Å²) in [5, 5.41) is 0. The largest absolute Gasteiger partial charge is 0.469 e. The Morgan fingerprint density at radius 2 is 2.05 bits per heavy atom. The zero-order valence-corrected chi connectivity index (χ0v) is 12.2. The van der Waals surface area contributed by atoms with Crippen molar-refractivity contribution in [1.29, 1.82) is 0 Å². The van der Waals surface area contributed by atoms with E-state index in [1.807, 2.05) is 13.8 Å². The Kier molecular flexibility index (Phi) is 2.83. The average molecular weight is 296 g/mol. The number of hydrogen-bond donors (Lipinski definition) is 0. The summed E-state index contributed by atoms with van der Waals surface area (Å²) in [6.45, 7) is 3.86. The molecule has 0 saturated carbocycles. The standard InChI is InChI=1S/C14H16O5S/c1-14(2)6-10(15)13-9(11-4-3-5-18-11)8-20(16,17)19-12(13)7-14/h3-5,9H,6-8H2,1-2H3. The summed E-state index contributed by atoms with van der Waals surface area (Å²) < 4.78 is 34.2. The molecule has 108 valence electrons. The molecule has 0 N–H and O–H groups in total. The van der Waals surface area contributed by atoms with Crippen LogP contribution in [0.15, 0.2) is 34.1 Å². The van der Waals surface area contributed by atoms with E-state index in [2.05, 4.69) is 0 Å². The molecule has 2 aliphatic rings. The second-order valence-electron chi connectivity index (χ2n) is 6.15. The topological polar surface area (TPSA) is 73.6 Å². The predicted molar refractivity (Wildman–Crippen MR) is 71.4 cm³/mol. The third-order valence-electron chi connectivity index (χ3n) is 3.71. The van der Waals surface area contributed by atoms with Crippen LogP contribution >= 0.6 is 0 Å². The highest BCUT2D eigenvalue weighted by atomic mass is 32.2. The summed E-state index contributed by atoms with van der Waals surface area (Å²) in [4.78, 5) is 12.4. The molecule has 0 spiro atoms. The smallest absolute Gasteiger partial charge is 0.309 e. The maximum absolute atomic E-state index is 12.4. The lowest BCUT2D eigenvalue weighted by Crippen LogP contribution is -2.35. The van der Waals surface area contributed by atoms with E-state index in [0.29, 0.717) is 29.9 Å². The zero-order valence-electron chi connectivity index (χ0n) is 11.4. The van der Waals surface area contributed by atoms with Crippen molar-refractivity contribution in [1.82, 2.24) is 0 Å². The maximum atomic E-state index is 12.4. The Labute approximate surface area is 117 Å². The minimum absolute atomic E-state index is 0.0486. The van der Waals surface area contributed by atoms with Gasteiger partial charge >= 0.3 is 10.1 Å². The number of Topliss-reactive ketones (excluding diaryl/α,β-unsaturated/α-hetero) is 1. The van der Waals surface area contributed by atoms with Gasteiger partial charge in [-0.25, -0.2) is 0 Å². The number of ketones is 1. The third kappa shape index (κ3) is 2.28. The van der Waals surface area contributed by atoms with Crippen LogP contribution in [0.5, 0.6) is 0 Å². The molecule has 1 aromatic rings. The van der Waals surface area contributed by atoms with Gasteiger partial charge in [0.25, 0.3) is 0 Å². The number of rotatable bonds is 1. The van der Waals surface area contributed by atoms with Crippen molar-refractivity contribution in [3.05, 3.63) is 35.5 Å². The number of furan rings is 1. The SMILES string of the molecule is CC1(C)CC(=O)C2=C(C1)OS(=O)(=O)CC2c1ccco1. The van der Waals surface area contributed by atoms with Crippen LogP contribution in [0, 0.1) is 5.41 Å². The fourth-order valence-corrected chi connectivity index (χ4v) is 4.19. The van der Waals surface area contributed by atoms with Crippen LogP contribution in [-0.2, 0) is 19.1 Å². The van der Waals surface area contributed by atoms with Gasteiger partial charge in [-0.3, -0.25) is 4.79 Å².